The molecule has 1 heterocycles. The predicted octanol–water partition coefficient (Wildman–Crippen LogP) is 2.18. The average molecular weight is 259 g/mol. The molecule has 0 radical (unpaired) electrons. The van der Waals surface area contributed by atoms with Gasteiger partial charge in [-0.05, 0) is 37.6 Å². The van der Waals surface area contributed by atoms with E-state index in [2.05, 4.69) is 27.4 Å². The van der Waals surface area contributed by atoms with Crippen molar-refractivity contribution in [3.05, 3.63) is 48.0 Å². The smallest absolute Gasteiger partial charge is 0.118 e. The third-order valence-corrected chi connectivity index (χ3v) is 3.34. The molecule has 1 aromatic carbocycles. The number of hydrogen-bond donors (Lipinski definition) is 2. The molecule has 1 unspecified atom stereocenters. The molecule has 0 saturated carbocycles. The van der Waals surface area contributed by atoms with Crippen LogP contribution in [0, 0.1) is 0 Å². The standard InChI is InChI=1S/C15H21N3O/c1-16-13(11-15-17-9-10-18-15)6-3-12-4-7-14(19-2)8-5-12/h4-5,7-10,13,16H,3,6,11H2,1-2H3,(H,17,18). The van der Waals surface area contributed by atoms with Crippen LogP contribution in [0.25, 0.3) is 0 Å². The maximum Gasteiger partial charge on any atom is 0.118 e. The number of benzene rings is 1. The van der Waals surface area contributed by atoms with Gasteiger partial charge in [-0.25, -0.2) is 4.98 Å². The topological polar surface area (TPSA) is 49.9 Å². The van der Waals surface area contributed by atoms with Crippen molar-refractivity contribution in [2.24, 2.45) is 0 Å². The van der Waals surface area contributed by atoms with Crippen LogP contribution in [0.1, 0.15) is 17.8 Å². The predicted molar refractivity (Wildman–Crippen MR) is 76.5 cm³/mol. The molecule has 0 saturated heterocycles. The molecule has 2 rings (SSSR count). The quantitative estimate of drug-likeness (QED) is 0.801. The molecule has 102 valence electrons. The zero-order valence-electron chi connectivity index (χ0n) is 11.5. The second-order valence-corrected chi connectivity index (χ2v) is 4.61. The molecule has 0 aliphatic rings. The third kappa shape index (κ3) is 4.10. The number of aryl methyl sites for hydroxylation is 1. The second kappa shape index (κ2) is 6.95. The monoisotopic (exact) mass is 259 g/mol. The largest absolute Gasteiger partial charge is 0.497 e. The molecule has 1 aromatic heterocycles. The zero-order valence-corrected chi connectivity index (χ0v) is 11.5. The van der Waals surface area contributed by atoms with Gasteiger partial charge in [0.25, 0.3) is 0 Å². The van der Waals surface area contributed by atoms with Gasteiger partial charge in [0.15, 0.2) is 0 Å². The van der Waals surface area contributed by atoms with Crippen LogP contribution in [0.4, 0.5) is 0 Å². The van der Waals surface area contributed by atoms with Gasteiger partial charge in [0.05, 0.1) is 7.11 Å². The van der Waals surface area contributed by atoms with Crippen LogP contribution in [0.15, 0.2) is 36.7 Å². The number of rotatable bonds is 7. The van der Waals surface area contributed by atoms with E-state index in [1.54, 1.807) is 13.3 Å². The first-order chi connectivity index (χ1) is 9.31. The zero-order chi connectivity index (χ0) is 13.5. The first-order valence-corrected chi connectivity index (χ1v) is 6.60. The van der Waals surface area contributed by atoms with Crippen molar-refractivity contribution in [2.45, 2.75) is 25.3 Å². The van der Waals surface area contributed by atoms with Crippen LogP contribution in [0.2, 0.25) is 0 Å². The molecule has 1 atom stereocenters. The summed E-state index contributed by atoms with van der Waals surface area (Å²) in [4.78, 5) is 7.42. The average Bonchev–Trinajstić information content (AvgIpc) is 2.97. The fraction of sp³-hybridized carbons (Fsp3) is 0.400. The van der Waals surface area contributed by atoms with Gasteiger partial charge in [0.1, 0.15) is 11.6 Å². The highest BCUT2D eigenvalue weighted by Gasteiger charge is 2.09. The van der Waals surface area contributed by atoms with E-state index in [4.69, 9.17) is 4.74 Å². The summed E-state index contributed by atoms with van der Waals surface area (Å²) in [5, 5.41) is 3.35. The summed E-state index contributed by atoms with van der Waals surface area (Å²) in [6.07, 6.45) is 6.73. The summed E-state index contributed by atoms with van der Waals surface area (Å²) in [5.74, 6) is 1.94. The Morgan fingerprint density at radius 2 is 2.11 bits per heavy atom. The molecule has 19 heavy (non-hydrogen) atoms. The first kappa shape index (κ1) is 13.6. The summed E-state index contributed by atoms with van der Waals surface area (Å²) in [5.41, 5.74) is 1.33. The van der Waals surface area contributed by atoms with Crippen LogP contribution in [0.3, 0.4) is 0 Å². The van der Waals surface area contributed by atoms with Crippen LogP contribution in [-0.2, 0) is 12.8 Å². The summed E-state index contributed by atoms with van der Waals surface area (Å²) in [6, 6.07) is 8.71. The lowest BCUT2D eigenvalue weighted by Crippen LogP contribution is -2.28. The summed E-state index contributed by atoms with van der Waals surface area (Å²) < 4.78 is 5.16. The molecule has 4 heteroatoms. The van der Waals surface area contributed by atoms with Crippen LogP contribution < -0.4 is 10.1 Å². The molecule has 0 spiro atoms. The van der Waals surface area contributed by atoms with Gasteiger partial charge in [0, 0.05) is 24.9 Å². The minimum Gasteiger partial charge on any atom is -0.497 e. The van der Waals surface area contributed by atoms with E-state index in [1.807, 2.05) is 25.4 Å². The SMILES string of the molecule is CNC(CCc1ccc(OC)cc1)Cc1ncc[nH]1. The minimum atomic E-state index is 0.438. The van der Waals surface area contributed by atoms with E-state index in [0.29, 0.717) is 6.04 Å². The molecule has 0 fully saturated rings. The Kier molecular flexibility index (Phi) is 4.98. The molecule has 2 N–H and O–H groups in total. The highest BCUT2D eigenvalue weighted by molar-refractivity contribution is 5.27. The minimum absolute atomic E-state index is 0.438. The van der Waals surface area contributed by atoms with Crippen LogP contribution in [-0.4, -0.2) is 30.2 Å². The van der Waals surface area contributed by atoms with Gasteiger partial charge in [-0.1, -0.05) is 12.1 Å². The number of nitrogens with zero attached hydrogens (tertiary/aromatic N) is 1. The van der Waals surface area contributed by atoms with Crippen molar-refractivity contribution >= 4 is 0 Å². The lowest BCUT2D eigenvalue weighted by Gasteiger charge is -2.14. The van der Waals surface area contributed by atoms with E-state index in [1.165, 1.54) is 5.56 Å². The van der Waals surface area contributed by atoms with Crippen molar-refractivity contribution in [2.75, 3.05) is 14.2 Å². The second-order valence-electron chi connectivity index (χ2n) is 4.61. The van der Waals surface area contributed by atoms with E-state index in [-0.39, 0.29) is 0 Å². The Labute approximate surface area is 114 Å². The lowest BCUT2D eigenvalue weighted by atomic mass is 10.0. The van der Waals surface area contributed by atoms with Crippen molar-refractivity contribution in [1.82, 2.24) is 15.3 Å². The number of H-pyrrole nitrogens is 1. The first-order valence-electron chi connectivity index (χ1n) is 6.60. The molecular formula is C15H21N3O. The maximum atomic E-state index is 5.16. The number of ether oxygens (including phenoxy) is 1. The third-order valence-electron chi connectivity index (χ3n) is 3.34. The number of aromatic amines is 1. The summed E-state index contributed by atoms with van der Waals surface area (Å²) in [6.45, 7) is 0. The Morgan fingerprint density at radius 1 is 1.32 bits per heavy atom. The molecular weight excluding hydrogens is 238 g/mol. The van der Waals surface area contributed by atoms with Gasteiger partial charge in [0.2, 0.25) is 0 Å². The molecule has 2 aromatic rings. The van der Waals surface area contributed by atoms with Gasteiger partial charge >= 0.3 is 0 Å². The van der Waals surface area contributed by atoms with Crippen molar-refractivity contribution in [3.63, 3.8) is 0 Å². The lowest BCUT2D eigenvalue weighted by molar-refractivity contribution is 0.414. The number of nitrogens with one attached hydrogen (secondary N) is 2. The molecule has 0 aliphatic carbocycles. The van der Waals surface area contributed by atoms with Gasteiger partial charge in [-0.2, -0.15) is 0 Å². The molecule has 0 bridgehead atoms. The number of imidazole rings is 1. The Morgan fingerprint density at radius 3 is 2.68 bits per heavy atom. The molecule has 0 amide bonds. The normalized spacial score (nSPS) is 12.3. The van der Waals surface area contributed by atoms with Crippen molar-refractivity contribution < 1.29 is 4.74 Å². The Bertz CT molecular complexity index is 465. The fourth-order valence-electron chi connectivity index (χ4n) is 2.12. The molecule has 0 aliphatic heterocycles. The number of hydrogen-bond acceptors (Lipinski definition) is 3. The van der Waals surface area contributed by atoms with Crippen molar-refractivity contribution in [3.8, 4) is 5.75 Å². The van der Waals surface area contributed by atoms with E-state index in [9.17, 15) is 0 Å². The fourth-order valence-corrected chi connectivity index (χ4v) is 2.12. The van der Waals surface area contributed by atoms with Crippen LogP contribution in [0.5, 0.6) is 5.75 Å². The van der Waals surface area contributed by atoms with Crippen LogP contribution >= 0.6 is 0 Å². The van der Waals surface area contributed by atoms with E-state index < -0.39 is 0 Å². The number of methoxy groups -OCH3 is 1. The maximum absolute atomic E-state index is 5.16. The molecule has 4 nitrogen and oxygen atoms in total. The number of aromatic nitrogens is 2. The van der Waals surface area contributed by atoms with E-state index >= 15 is 0 Å². The summed E-state index contributed by atoms with van der Waals surface area (Å²) >= 11 is 0. The Balaban J connectivity index is 1.84. The Hall–Kier alpha value is -1.81. The van der Waals surface area contributed by atoms with Gasteiger partial charge < -0.3 is 15.0 Å². The summed E-state index contributed by atoms with van der Waals surface area (Å²) in [7, 11) is 3.69. The van der Waals surface area contributed by atoms with Gasteiger partial charge in [-0.15, -0.1) is 0 Å². The van der Waals surface area contributed by atoms with Crippen molar-refractivity contribution in [1.29, 1.82) is 0 Å². The van der Waals surface area contributed by atoms with Gasteiger partial charge in [-0.3, -0.25) is 0 Å². The van der Waals surface area contributed by atoms with E-state index in [0.717, 1.165) is 30.8 Å². The number of likely N-dealkylation sites (N-methyl/N-ethyl adjacent to an activating group) is 1. The highest BCUT2D eigenvalue weighted by Crippen LogP contribution is 2.13. The highest BCUT2D eigenvalue weighted by atomic mass is 16.5.